The van der Waals surface area contributed by atoms with E-state index in [1.54, 1.807) is 12.1 Å². The highest BCUT2D eigenvalue weighted by molar-refractivity contribution is 9.11. The van der Waals surface area contributed by atoms with Crippen LogP contribution in [-0.2, 0) is 0 Å². The van der Waals surface area contributed by atoms with Crippen molar-refractivity contribution in [1.29, 1.82) is 0 Å². The van der Waals surface area contributed by atoms with Crippen LogP contribution in [0.1, 0.15) is 15.2 Å². The molecule has 1 aromatic heterocycles. The highest BCUT2D eigenvalue weighted by atomic mass is 79.9. The number of hydrogen-bond donors (Lipinski definition) is 0. The third-order valence-corrected chi connectivity index (χ3v) is 5.67. The number of thiophene rings is 1. The fraction of sp³-hybridized carbons (Fsp3) is 0. The molecule has 1 nitrogen and oxygen atoms in total. The van der Waals surface area contributed by atoms with E-state index >= 15 is 0 Å². The number of benzene rings is 1. The predicted molar refractivity (Wildman–Crippen MR) is 82.3 cm³/mol. The van der Waals surface area contributed by atoms with E-state index in [0.29, 0.717) is 15.5 Å². The predicted octanol–water partition coefficient (Wildman–Crippen LogP) is 5.92. The molecule has 1 aromatic carbocycles. The van der Waals surface area contributed by atoms with Crippen LogP contribution in [0.5, 0.6) is 0 Å². The molecule has 2 rings (SSSR count). The standard InChI is InChI=1S/C11H4Br3ClOS/c12-5-1-2-6(7(13)3-5)10(16)9-4-8(15)11(14)17-9/h1-4H. The Morgan fingerprint density at radius 2 is 1.88 bits per heavy atom. The first-order chi connectivity index (χ1) is 7.99. The summed E-state index contributed by atoms with van der Waals surface area (Å²) in [6.07, 6.45) is 0. The lowest BCUT2D eigenvalue weighted by Gasteiger charge is -2.02. The van der Waals surface area contributed by atoms with Crippen LogP contribution in [0.25, 0.3) is 0 Å². The summed E-state index contributed by atoms with van der Waals surface area (Å²) in [6, 6.07) is 7.13. The van der Waals surface area contributed by atoms with Crippen molar-refractivity contribution in [2.75, 3.05) is 0 Å². The van der Waals surface area contributed by atoms with Gasteiger partial charge in [0.15, 0.2) is 0 Å². The first-order valence-electron chi connectivity index (χ1n) is 4.43. The quantitative estimate of drug-likeness (QED) is 0.510. The molecule has 0 saturated heterocycles. The molecule has 0 aliphatic heterocycles. The minimum absolute atomic E-state index is 0.0398. The van der Waals surface area contributed by atoms with Gasteiger partial charge in [0, 0.05) is 14.5 Å². The maximum atomic E-state index is 12.2. The third-order valence-electron chi connectivity index (χ3n) is 2.04. The summed E-state index contributed by atoms with van der Waals surface area (Å²) in [5, 5.41) is 0.562. The molecule has 0 spiro atoms. The topological polar surface area (TPSA) is 17.1 Å². The summed E-state index contributed by atoms with van der Waals surface area (Å²) in [7, 11) is 0. The van der Waals surface area contributed by atoms with Crippen molar-refractivity contribution in [1.82, 2.24) is 0 Å². The number of ketones is 1. The highest BCUT2D eigenvalue weighted by Gasteiger charge is 2.16. The van der Waals surface area contributed by atoms with Crippen LogP contribution >= 0.6 is 70.7 Å². The Morgan fingerprint density at radius 3 is 2.41 bits per heavy atom. The minimum Gasteiger partial charge on any atom is -0.288 e. The molecule has 0 aliphatic rings. The second-order valence-corrected chi connectivity index (χ2v) is 7.73. The molecule has 88 valence electrons. The van der Waals surface area contributed by atoms with Gasteiger partial charge in [-0.05, 0) is 56.1 Å². The Hall–Kier alpha value is 0.320. The van der Waals surface area contributed by atoms with Crippen molar-refractivity contribution in [3.8, 4) is 0 Å². The van der Waals surface area contributed by atoms with Crippen molar-refractivity contribution >= 4 is 76.5 Å². The minimum atomic E-state index is -0.0398. The summed E-state index contributed by atoms with van der Waals surface area (Å²) in [5.41, 5.74) is 0.624. The number of hydrogen-bond acceptors (Lipinski definition) is 2. The highest BCUT2D eigenvalue weighted by Crippen LogP contribution is 2.34. The lowest BCUT2D eigenvalue weighted by molar-refractivity contribution is 0.104. The van der Waals surface area contributed by atoms with Gasteiger partial charge >= 0.3 is 0 Å². The Morgan fingerprint density at radius 1 is 1.18 bits per heavy atom. The zero-order valence-corrected chi connectivity index (χ0v) is 14.5. The monoisotopic (exact) mass is 456 g/mol. The smallest absolute Gasteiger partial charge is 0.204 e. The molecular formula is C11H4Br3ClOS. The van der Waals surface area contributed by atoms with Crippen LogP contribution in [0.2, 0.25) is 5.02 Å². The van der Waals surface area contributed by atoms with Crippen molar-refractivity contribution in [3.63, 3.8) is 0 Å². The average Bonchev–Trinajstić information content (AvgIpc) is 2.58. The number of halogens is 4. The van der Waals surface area contributed by atoms with Gasteiger partial charge in [0.1, 0.15) is 0 Å². The van der Waals surface area contributed by atoms with E-state index in [2.05, 4.69) is 47.8 Å². The first kappa shape index (κ1) is 13.7. The van der Waals surface area contributed by atoms with Crippen molar-refractivity contribution in [3.05, 3.63) is 52.5 Å². The van der Waals surface area contributed by atoms with E-state index in [-0.39, 0.29) is 5.78 Å². The van der Waals surface area contributed by atoms with Gasteiger partial charge in [-0.15, -0.1) is 11.3 Å². The third kappa shape index (κ3) is 3.01. The Kier molecular flexibility index (Phi) is 4.47. The fourth-order valence-electron chi connectivity index (χ4n) is 1.26. The first-order valence-corrected chi connectivity index (χ1v) is 8.01. The fourth-order valence-corrected chi connectivity index (χ4v) is 4.15. The van der Waals surface area contributed by atoms with Gasteiger partial charge in [0.05, 0.1) is 13.7 Å². The Balaban J connectivity index is 2.43. The van der Waals surface area contributed by atoms with Crippen LogP contribution in [0.15, 0.2) is 37.0 Å². The van der Waals surface area contributed by atoms with Crippen LogP contribution < -0.4 is 0 Å². The van der Waals surface area contributed by atoms with E-state index < -0.39 is 0 Å². The van der Waals surface area contributed by atoms with Gasteiger partial charge in [-0.2, -0.15) is 0 Å². The molecule has 2 aromatic rings. The van der Waals surface area contributed by atoms with Crippen LogP contribution in [0, 0.1) is 0 Å². The van der Waals surface area contributed by atoms with Gasteiger partial charge in [0.25, 0.3) is 0 Å². The molecule has 0 aliphatic carbocycles. The SMILES string of the molecule is O=C(c1cc(Cl)c(Br)s1)c1ccc(Br)cc1Br. The molecule has 17 heavy (non-hydrogen) atoms. The van der Waals surface area contributed by atoms with E-state index in [9.17, 15) is 4.79 Å². The summed E-state index contributed by atoms with van der Waals surface area (Å²) in [5.74, 6) is -0.0398. The number of carbonyl (C=O) groups excluding carboxylic acids is 1. The zero-order chi connectivity index (χ0) is 12.6. The molecule has 0 atom stereocenters. The summed E-state index contributed by atoms with van der Waals surface area (Å²) in [4.78, 5) is 12.8. The van der Waals surface area contributed by atoms with Gasteiger partial charge in [-0.3, -0.25) is 4.79 Å². The van der Waals surface area contributed by atoms with Crippen molar-refractivity contribution in [2.45, 2.75) is 0 Å². The average molecular weight is 459 g/mol. The normalized spacial score (nSPS) is 10.6. The molecular weight excluding hydrogens is 455 g/mol. The molecule has 0 amide bonds. The van der Waals surface area contributed by atoms with Gasteiger partial charge in [-0.25, -0.2) is 0 Å². The maximum Gasteiger partial charge on any atom is 0.204 e. The molecule has 0 fully saturated rings. The number of rotatable bonds is 2. The Bertz CT molecular complexity index is 575. The van der Waals surface area contributed by atoms with Crippen LogP contribution in [0.3, 0.4) is 0 Å². The van der Waals surface area contributed by atoms with Crippen molar-refractivity contribution < 1.29 is 4.79 Å². The lowest BCUT2D eigenvalue weighted by atomic mass is 10.1. The number of carbonyl (C=O) groups is 1. The lowest BCUT2D eigenvalue weighted by Crippen LogP contribution is -1.99. The largest absolute Gasteiger partial charge is 0.288 e. The van der Waals surface area contributed by atoms with Gasteiger partial charge in [-0.1, -0.05) is 27.5 Å². The molecule has 0 N–H and O–H groups in total. The summed E-state index contributed by atoms with van der Waals surface area (Å²) >= 11 is 17.3. The molecule has 0 saturated carbocycles. The van der Waals surface area contributed by atoms with Crippen LogP contribution in [0.4, 0.5) is 0 Å². The Labute approximate surface area is 133 Å². The van der Waals surface area contributed by atoms with E-state index in [1.807, 2.05) is 12.1 Å². The van der Waals surface area contributed by atoms with Gasteiger partial charge < -0.3 is 0 Å². The van der Waals surface area contributed by atoms with Gasteiger partial charge in [0.2, 0.25) is 5.78 Å². The zero-order valence-electron chi connectivity index (χ0n) is 8.14. The molecule has 1 heterocycles. The molecule has 0 unspecified atom stereocenters. The second-order valence-electron chi connectivity index (χ2n) is 3.19. The maximum absolute atomic E-state index is 12.2. The second kappa shape index (κ2) is 5.53. The van der Waals surface area contributed by atoms with E-state index in [4.69, 9.17) is 11.6 Å². The summed E-state index contributed by atoms with van der Waals surface area (Å²) < 4.78 is 2.46. The molecule has 6 heteroatoms. The molecule has 0 bridgehead atoms. The van der Waals surface area contributed by atoms with E-state index in [1.165, 1.54) is 11.3 Å². The summed E-state index contributed by atoms with van der Waals surface area (Å²) in [6.45, 7) is 0. The van der Waals surface area contributed by atoms with Crippen molar-refractivity contribution in [2.24, 2.45) is 0 Å². The molecule has 0 radical (unpaired) electrons. The van der Waals surface area contributed by atoms with E-state index in [0.717, 1.165) is 12.7 Å². The van der Waals surface area contributed by atoms with Crippen LogP contribution in [-0.4, -0.2) is 5.78 Å².